The van der Waals surface area contributed by atoms with Crippen molar-refractivity contribution in [2.45, 2.75) is 58.5 Å². The average Bonchev–Trinajstić information content (AvgIpc) is 2.46. The van der Waals surface area contributed by atoms with Crippen LogP contribution in [-0.2, 0) is 0 Å². The number of hydrogen-bond donors (Lipinski definition) is 1. The number of aliphatic hydroxyl groups excluding tert-OH is 1. The zero-order chi connectivity index (χ0) is 14.8. The van der Waals surface area contributed by atoms with Gasteiger partial charge in [0.2, 0.25) is 0 Å². The maximum atomic E-state index is 9.56. The molecule has 0 aromatic heterocycles. The Bertz CT molecular complexity index is 374. The fourth-order valence-corrected chi connectivity index (χ4v) is 2.13. The summed E-state index contributed by atoms with van der Waals surface area (Å²) in [7, 11) is 1.62. The topological polar surface area (TPSA) is 38.7 Å². The second kappa shape index (κ2) is 9.65. The zero-order valence-electron chi connectivity index (χ0n) is 13.0. The number of benzene rings is 1. The van der Waals surface area contributed by atoms with E-state index in [0.717, 1.165) is 24.3 Å². The summed E-state index contributed by atoms with van der Waals surface area (Å²) in [4.78, 5) is 0. The molecule has 0 aliphatic carbocycles. The fraction of sp³-hybridized carbons (Fsp3) is 0.647. The Hall–Kier alpha value is -1.22. The highest BCUT2D eigenvalue weighted by atomic mass is 16.5. The zero-order valence-corrected chi connectivity index (χ0v) is 13.0. The summed E-state index contributed by atoms with van der Waals surface area (Å²) in [5.41, 5.74) is 0.841. The van der Waals surface area contributed by atoms with Crippen molar-refractivity contribution in [1.82, 2.24) is 0 Å². The van der Waals surface area contributed by atoms with Crippen molar-refractivity contribution in [2.24, 2.45) is 0 Å². The number of aliphatic hydroxyl groups is 1. The van der Waals surface area contributed by atoms with Crippen LogP contribution in [0.2, 0.25) is 0 Å². The van der Waals surface area contributed by atoms with Crippen LogP contribution in [-0.4, -0.2) is 18.8 Å². The van der Waals surface area contributed by atoms with E-state index in [-0.39, 0.29) is 0 Å². The number of hydrogen-bond acceptors (Lipinski definition) is 3. The summed E-state index contributed by atoms with van der Waals surface area (Å²) in [6, 6.07) is 5.59. The van der Waals surface area contributed by atoms with Gasteiger partial charge in [-0.25, -0.2) is 0 Å². The van der Waals surface area contributed by atoms with Crippen LogP contribution in [0.4, 0.5) is 0 Å². The van der Waals surface area contributed by atoms with Gasteiger partial charge >= 0.3 is 0 Å². The van der Waals surface area contributed by atoms with E-state index in [1.807, 2.05) is 18.2 Å². The van der Waals surface area contributed by atoms with E-state index in [2.05, 4.69) is 6.92 Å². The molecule has 1 N–H and O–H groups in total. The summed E-state index contributed by atoms with van der Waals surface area (Å²) in [5, 5.41) is 9.56. The first-order chi connectivity index (χ1) is 9.69. The number of unbranched alkanes of at least 4 members (excludes halogenated alkanes) is 5. The summed E-state index contributed by atoms with van der Waals surface area (Å²) in [6.45, 7) is 4.69. The molecule has 1 atom stereocenters. The number of methoxy groups -OCH3 is 1. The van der Waals surface area contributed by atoms with E-state index in [4.69, 9.17) is 9.47 Å². The third kappa shape index (κ3) is 5.83. The van der Waals surface area contributed by atoms with Crippen molar-refractivity contribution in [2.75, 3.05) is 13.7 Å². The van der Waals surface area contributed by atoms with Gasteiger partial charge < -0.3 is 14.6 Å². The molecule has 1 rings (SSSR count). The first-order valence-corrected chi connectivity index (χ1v) is 7.67. The third-order valence-corrected chi connectivity index (χ3v) is 3.43. The van der Waals surface area contributed by atoms with E-state index in [1.165, 1.54) is 32.1 Å². The van der Waals surface area contributed by atoms with Crippen molar-refractivity contribution in [3.05, 3.63) is 23.8 Å². The van der Waals surface area contributed by atoms with Crippen LogP contribution in [0.25, 0.3) is 0 Å². The number of rotatable bonds is 10. The highest BCUT2D eigenvalue weighted by Gasteiger charge is 2.08. The Morgan fingerprint density at radius 3 is 2.40 bits per heavy atom. The van der Waals surface area contributed by atoms with Gasteiger partial charge in [-0.1, -0.05) is 45.1 Å². The molecule has 0 radical (unpaired) electrons. The minimum Gasteiger partial charge on any atom is -0.493 e. The Morgan fingerprint density at radius 2 is 1.75 bits per heavy atom. The highest BCUT2D eigenvalue weighted by molar-refractivity contribution is 5.43. The monoisotopic (exact) mass is 280 g/mol. The van der Waals surface area contributed by atoms with Crippen LogP contribution in [0.1, 0.15) is 64.0 Å². The van der Waals surface area contributed by atoms with Crippen LogP contribution in [0.3, 0.4) is 0 Å². The fourth-order valence-electron chi connectivity index (χ4n) is 2.13. The van der Waals surface area contributed by atoms with Gasteiger partial charge in [-0.05, 0) is 31.0 Å². The predicted octanol–water partition coefficient (Wildman–Crippen LogP) is 4.49. The van der Waals surface area contributed by atoms with Gasteiger partial charge in [-0.3, -0.25) is 0 Å². The molecule has 0 spiro atoms. The van der Waals surface area contributed by atoms with Gasteiger partial charge in [0.05, 0.1) is 19.8 Å². The predicted molar refractivity (Wildman–Crippen MR) is 82.5 cm³/mol. The first-order valence-electron chi connectivity index (χ1n) is 7.67. The van der Waals surface area contributed by atoms with Crippen LogP contribution in [0, 0.1) is 0 Å². The molecular weight excluding hydrogens is 252 g/mol. The summed E-state index contributed by atoms with van der Waals surface area (Å²) in [6.07, 6.45) is 7.02. The molecule has 0 aliphatic rings. The van der Waals surface area contributed by atoms with Gasteiger partial charge in [-0.2, -0.15) is 0 Å². The molecule has 3 nitrogen and oxygen atoms in total. The molecule has 0 aliphatic heterocycles. The SMILES string of the molecule is CCCCCCCCOc1ccc([C@@H](C)O)cc1OC. The Balaban J connectivity index is 2.36. The van der Waals surface area contributed by atoms with Crippen LogP contribution in [0.5, 0.6) is 11.5 Å². The van der Waals surface area contributed by atoms with Crippen molar-refractivity contribution < 1.29 is 14.6 Å². The van der Waals surface area contributed by atoms with E-state index >= 15 is 0 Å². The summed E-state index contributed by atoms with van der Waals surface area (Å²) in [5.74, 6) is 1.44. The molecular formula is C17H28O3. The minimum atomic E-state index is -0.489. The largest absolute Gasteiger partial charge is 0.493 e. The standard InChI is InChI=1S/C17H28O3/c1-4-5-6-7-8-9-12-20-16-11-10-15(14(2)18)13-17(16)19-3/h10-11,13-14,18H,4-9,12H2,1-3H3/t14-/m1/s1. The maximum Gasteiger partial charge on any atom is 0.161 e. The van der Waals surface area contributed by atoms with Gasteiger partial charge in [0.15, 0.2) is 11.5 Å². The molecule has 0 heterocycles. The third-order valence-electron chi connectivity index (χ3n) is 3.43. The quantitative estimate of drug-likeness (QED) is 0.642. The average molecular weight is 280 g/mol. The van der Waals surface area contributed by atoms with E-state index in [1.54, 1.807) is 14.0 Å². The summed E-state index contributed by atoms with van der Waals surface area (Å²) < 4.78 is 11.1. The minimum absolute atomic E-state index is 0.489. The lowest BCUT2D eigenvalue weighted by atomic mass is 10.1. The molecule has 114 valence electrons. The summed E-state index contributed by atoms with van der Waals surface area (Å²) >= 11 is 0. The van der Waals surface area contributed by atoms with Crippen molar-refractivity contribution >= 4 is 0 Å². The van der Waals surface area contributed by atoms with E-state index in [9.17, 15) is 5.11 Å². The second-order valence-corrected chi connectivity index (χ2v) is 5.20. The van der Waals surface area contributed by atoms with E-state index in [0.29, 0.717) is 5.75 Å². The van der Waals surface area contributed by atoms with Gasteiger partial charge in [0.25, 0.3) is 0 Å². The maximum absolute atomic E-state index is 9.56. The van der Waals surface area contributed by atoms with E-state index < -0.39 is 6.10 Å². The van der Waals surface area contributed by atoms with Crippen molar-refractivity contribution in [1.29, 1.82) is 0 Å². The molecule has 20 heavy (non-hydrogen) atoms. The van der Waals surface area contributed by atoms with Crippen LogP contribution >= 0.6 is 0 Å². The molecule has 1 aromatic rings. The van der Waals surface area contributed by atoms with Gasteiger partial charge in [0, 0.05) is 0 Å². The lowest BCUT2D eigenvalue weighted by molar-refractivity contribution is 0.198. The highest BCUT2D eigenvalue weighted by Crippen LogP contribution is 2.30. The Morgan fingerprint density at radius 1 is 1.05 bits per heavy atom. The Kier molecular flexibility index (Phi) is 8.12. The van der Waals surface area contributed by atoms with Gasteiger partial charge in [-0.15, -0.1) is 0 Å². The molecule has 0 unspecified atom stereocenters. The normalized spacial score (nSPS) is 12.2. The molecule has 0 fully saturated rings. The number of ether oxygens (including phenoxy) is 2. The molecule has 0 amide bonds. The first kappa shape index (κ1) is 16.8. The van der Waals surface area contributed by atoms with Gasteiger partial charge in [0.1, 0.15) is 0 Å². The molecule has 3 heteroatoms. The smallest absolute Gasteiger partial charge is 0.161 e. The molecule has 0 saturated carbocycles. The van der Waals surface area contributed by atoms with Crippen molar-refractivity contribution in [3.63, 3.8) is 0 Å². The van der Waals surface area contributed by atoms with Crippen molar-refractivity contribution in [3.8, 4) is 11.5 Å². The molecule has 0 saturated heterocycles. The Labute approximate surface area is 122 Å². The second-order valence-electron chi connectivity index (χ2n) is 5.20. The lowest BCUT2D eigenvalue weighted by Gasteiger charge is -2.13. The molecule has 0 bridgehead atoms. The van der Waals surface area contributed by atoms with Crippen LogP contribution in [0.15, 0.2) is 18.2 Å². The molecule has 1 aromatic carbocycles. The lowest BCUT2D eigenvalue weighted by Crippen LogP contribution is -2.01. The van der Waals surface area contributed by atoms with Crippen LogP contribution < -0.4 is 9.47 Å².